The highest BCUT2D eigenvalue weighted by atomic mass is 16.5. The van der Waals surface area contributed by atoms with Crippen LogP contribution >= 0.6 is 0 Å². The molecular formula is C17H18O5. The Hall–Kier alpha value is -2.56. The highest BCUT2D eigenvalue weighted by molar-refractivity contribution is 5.92. The fraction of sp³-hybridized carbons (Fsp3) is 0.294. The summed E-state index contributed by atoms with van der Waals surface area (Å²) in [6, 6.07) is 8.06. The molecule has 0 aliphatic carbocycles. The van der Waals surface area contributed by atoms with Crippen molar-refractivity contribution in [3.63, 3.8) is 0 Å². The molecule has 5 nitrogen and oxygen atoms in total. The van der Waals surface area contributed by atoms with Gasteiger partial charge in [-0.15, -0.1) is 0 Å². The van der Waals surface area contributed by atoms with Crippen molar-refractivity contribution < 1.29 is 19.1 Å². The first-order valence-corrected chi connectivity index (χ1v) is 6.80. The van der Waals surface area contributed by atoms with Gasteiger partial charge >= 0.3 is 11.6 Å². The molecule has 2 aromatic rings. The monoisotopic (exact) mass is 302 g/mol. The van der Waals surface area contributed by atoms with Crippen molar-refractivity contribution in [1.82, 2.24) is 0 Å². The third-order valence-electron chi connectivity index (χ3n) is 3.35. The molecule has 0 radical (unpaired) electrons. The van der Waals surface area contributed by atoms with Crippen LogP contribution in [0.4, 0.5) is 0 Å². The molecule has 5 heteroatoms. The number of ether oxygens (including phenoxy) is 1. The van der Waals surface area contributed by atoms with E-state index in [1.54, 1.807) is 19.2 Å². The third kappa shape index (κ3) is 3.03. The van der Waals surface area contributed by atoms with Crippen LogP contribution in [0.1, 0.15) is 36.9 Å². The Morgan fingerprint density at radius 2 is 1.86 bits per heavy atom. The fourth-order valence-corrected chi connectivity index (χ4v) is 2.26. The van der Waals surface area contributed by atoms with E-state index in [2.05, 4.69) is 0 Å². The topological polar surface area (TPSA) is 76.7 Å². The van der Waals surface area contributed by atoms with E-state index >= 15 is 0 Å². The van der Waals surface area contributed by atoms with Gasteiger partial charge in [-0.1, -0.05) is 26.8 Å². The molecule has 0 aliphatic rings. The van der Waals surface area contributed by atoms with Gasteiger partial charge in [0, 0.05) is 17.2 Å². The minimum Gasteiger partial charge on any atom is -0.496 e. The predicted molar refractivity (Wildman–Crippen MR) is 82.6 cm³/mol. The largest absolute Gasteiger partial charge is 0.496 e. The zero-order chi connectivity index (χ0) is 16.5. The van der Waals surface area contributed by atoms with Crippen molar-refractivity contribution in [3.05, 3.63) is 52.1 Å². The van der Waals surface area contributed by atoms with Gasteiger partial charge in [0.15, 0.2) is 0 Å². The van der Waals surface area contributed by atoms with Gasteiger partial charge < -0.3 is 14.3 Å². The van der Waals surface area contributed by atoms with E-state index < -0.39 is 11.6 Å². The molecule has 0 atom stereocenters. The summed E-state index contributed by atoms with van der Waals surface area (Å²) in [6.07, 6.45) is 0. The summed E-state index contributed by atoms with van der Waals surface area (Å²) in [5.74, 6) is -0.913. The normalized spacial score (nSPS) is 11.3. The fourth-order valence-electron chi connectivity index (χ4n) is 2.26. The number of aromatic carboxylic acids is 1. The van der Waals surface area contributed by atoms with E-state index in [4.69, 9.17) is 9.15 Å². The minimum atomic E-state index is -1.28. The summed E-state index contributed by atoms with van der Waals surface area (Å²) in [5.41, 5.74) is 1.09. The van der Waals surface area contributed by atoms with Gasteiger partial charge in [0.1, 0.15) is 5.75 Å². The van der Waals surface area contributed by atoms with Gasteiger partial charge in [-0.3, -0.25) is 0 Å². The Bertz CT molecular complexity index is 765. The highest BCUT2D eigenvalue weighted by Crippen LogP contribution is 2.35. The Labute approximate surface area is 128 Å². The van der Waals surface area contributed by atoms with Crippen molar-refractivity contribution in [2.45, 2.75) is 26.2 Å². The molecule has 1 heterocycles. The van der Waals surface area contributed by atoms with Crippen LogP contribution in [0.5, 0.6) is 5.75 Å². The summed E-state index contributed by atoms with van der Waals surface area (Å²) in [6.45, 7) is 6.12. The van der Waals surface area contributed by atoms with E-state index in [9.17, 15) is 14.7 Å². The molecule has 1 aromatic heterocycles. The van der Waals surface area contributed by atoms with Crippen molar-refractivity contribution in [2.75, 3.05) is 7.11 Å². The molecule has 0 bridgehead atoms. The molecule has 0 fully saturated rings. The lowest BCUT2D eigenvalue weighted by molar-refractivity contribution is 0.0658. The number of benzene rings is 1. The number of hydrogen-bond acceptors (Lipinski definition) is 4. The maximum Gasteiger partial charge on any atom is 0.372 e. The summed E-state index contributed by atoms with van der Waals surface area (Å²) >= 11 is 0. The second-order valence-electron chi connectivity index (χ2n) is 5.97. The molecule has 0 aliphatic heterocycles. The van der Waals surface area contributed by atoms with Crippen molar-refractivity contribution in [1.29, 1.82) is 0 Å². The molecular weight excluding hydrogens is 284 g/mol. The third-order valence-corrected chi connectivity index (χ3v) is 3.35. The van der Waals surface area contributed by atoms with Gasteiger partial charge in [-0.05, 0) is 29.2 Å². The Balaban J connectivity index is 2.69. The first-order chi connectivity index (χ1) is 10.2. The first kappa shape index (κ1) is 15.8. The van der Waals surface area contributed by atoms with Crippen molar-refractivity contribution in [2.24, 2.45) is 0 Å². The molecule has 0 spiro atoms. The number of rotatable bonds is 3. The van der Waals surface area contributed by atoms with E-state index in [1.165, 1.54) is 12.1 Å². The zero-order valence-corrected chi connectivity index (χ0v) is 13.0. The molecule has 116 valence electrons. The van der Waals surface area contributed by atoms with Crippen LogP contribution in [0.2, 0.25) is 0 Å². The lowest BCUT2D eigenvalue weighted by atomic mass is 9.84. The SMILES string of the molecule is COc1ccc(-c2ccc(=O)oc2C(=O)O)cc1C(C)(C)C. The Morgan fingerprint density at radius 3 is 2.41 bits per heavy atom. The number of methoxy groups -OCH3 is 1. The maximum atomic E-state index is 11.3. The quantitative estimate of drug-likeness (QED) is 0.941. The van der Waals surface area contributed by atoms with Gasteiger partial charge in [-0.2, -0.15) is 0 Å². The van der Waals surface area contributed by atoms with Crippen LogP contribution in [0.15, 0.2) is 39.5 Å². The average Bonchev–Trinajstić information content (AvgIpc) is 2.45. The average molecular weight is 302 g/mol. The molecule has 0 amide bonds. The summed E-state index contributed by atoms with van der Waals surface area (Å²) in [5, 5.41) is 9.22. The molecule has 2 rings (SSSR count). The highest BCUT2D eigenvalue weighted by Gasteiger charge is 2.22. The smallest absolute Gasteiger partial charge is 0.372 e. The number of carboxylic acid groups (broad SMARTS) is 1. The second kappa shape index (κ2) is 5.67. The summed E-state index contributed by atoms with van der Waals surface area (Å²) in [4.78, 5) is 22.5. The zero-order valence-electron chi connectivity index (χ0n) is 13.0. The first-order valence-electron chi connectivity index (χ1n) is 6.80. The van der Waals surface area contributed by atoms with E-state index in [1.807, 2.05) is 26.8 Å². The van der Waals surface area contributed by atoms with E-state index in [0.29, 0.717) is 11.1 Å². The second-order valence-corrected chi connectivity index (χ2v) is 5.97. The maximum absolute atomic E-state index is 11.3. The number of carboxylic acids is 1. The lowest BCUT2D eigenvalue weighted by Gasteiger charge is -2.23. The number of hydrogen-bond donors (Lipinski definition) is 1. The van der Waals surface area contributed by atoms with Crippen LogP contribution in [0.25, 0.3) is 11.1 Å². The Morgan fingerprint density at radius 1 is 1.18 bits per heavy atom. The summed E-state index contributed by atoms with van der Waals surface area (Å²) < 4.78 is 10.2. The Kier molecular flexibility index (Phi) is 4.08. The van der Waals surface area contributed by atoms with Crippen molar-refractivity contribution in [3.8, 4) is 16.9 Å². The molecule has 1 N–H and O–H groups in total. The van der Waals surface area contributed by atoms with Gasteiger partial charge in [0.25, 0.3) is 0 Å². The molecule has 1 aromatic carbocycles. The lowest BCUT2D eigenvalue weighted by Crippen LogP contribution is -2.13. The molecule has 0 saturated heterocycles. The van der Waals surface area contributed by atoms with Crippen LogP contribution in [0.3, 0.4) is 0 Å². The molecule has 0 saturated carbocycles. The van der Waals surface area contributed by atoms with Crippen LogP contribution in [-0.4, -0.2) is 18.2 Å². The predicted octanol–water partition coefficient (Wildman–Crippen LogP) is 3.31. The van der Waals surface area contributed by atoms with E-state index in [0.717, 1.165) is 11.3 Å². The number of carbonyl (C=O) groups is 1. The molecule has 22 heavy (non-hydrogen) atoms. The summed E-state index contributed by atoms with van der Waals surface area (Å²) in [7, 11) is 1.59. The van der Waals surface area contributed by atoms with Gasteiger partial charge in [0.05, 0.1) is 7.11 Å². The minimum absolute atomic E-state index is 0.180. The van der Waals surface area contributed by atoms with Crippen LogP contribution < -0.4 is 10.4 Å². The van der Waals surface area contributed by atoms with Crippen LogP contribution in [-0.2, 0) is 5.41 Å². The van der Waals surface area contributed by atoms with Crippen molar-refractivity contribution >= 4 is 5.97 Å². The molecule has 0 unspecified atom stereocenters. The van der Waals surface area contributed by atoms with E-state index in [-0.39, 0.29) is 11.2 Å². The van der Waals surface area contributed by atoms with Crippen LogP contribution in [0, 0.1) is 0 Å². The van der Waals surface area contributed by atoms with Gasteiger partial charge in [-0.25, -0.2) is 9.59 Å². The standard InChI is InChI=1S/C17H18O5/c1-17(2,3)12-9-10(5-7-13(12)21-4)11-6-8-14(18)22-15(11)16(19)20/h5-9H,1-4H3,(H,19,20). The van der Waals surface area contributed by atoms with Gasteiger partial charge in [0.2, 0.25) is 5.76 Å².